The van der Waals surface area contributed by atoms with Crippen LogP contribution < -0.4 is 14.4 Å². The Morgan fingerprint density at radius 2 is 1.81 bits per heavy atom. The van der Waals surface area contributed by atoms with Crippen LogP contribution in [0.2, 0.25) is 0 Å². The van der Waals surface area contributed by atoms with E-state index >= 15 is 0 Å². The monoisotopic (exact) mass is 468 g/mol. The van der Waals surface area contributed by atoms with Crippen molar-refractivity contribution in [2.75, 3.05) is 30.0 Å². The van der Waals surface area contributed by atoms with E-state index in [2.05, 4.69) is 15.3 Å². The molecule has 2 aromatic carbocycles. The van der Waals surface area contributed by atoms with Crippen molar-refractivity contribution in [1.82, 2.24) is 9.97 Å². The third-order valence-corrected chi connectivity index (χ3v) is 6.84. The van der Waals surface area contributed by atoms with E-state index in [1.54, 1.807) is 49.6 Å². The largest absolute Gasteiger partial charge is 0.497 e. The minimum absolute atomic E-state index is 0.285. The van der Waals surface area contributed by atoms with Crippen LogP contribution >= 0.6 is 11.3 Å². The molecule has 2 heterocycles. The molecule has 8 nitrogen and oxygen atoms in total. The summed E-state index contributed by atoms with van der Waals surface area (Å²) in [6.07, 6.45) is 1.15. The lowest BCUT2D eigenvalue weighted by Crippen LogP contribution is -2.24. The number of amides is 1. The lowest BCUT2D eigenvalue weighted by Gasteiger charge is -2.16. The molecule has 1 amide bonds. The number of benzene rings is 2. The van der Waals surface area contributed by atoms with E-state index < -0.39 is 10.0 Å². The summed E-state index contributed by atoms with van der Waals surface area (Å²) in [5, 5.41) is 5.92. The van der Waals surface area contributed by atoms with Crippen LogP contribution in [0.5, 0.6) is 5.75 Å². The van der Waals surface area contributed by atoms with Crippen molar-refractivity contribution >= 4 is 49.0 Å². The Balaban J connectivity index is 1.49. The van der Waals surface area contributed by atoms with Gasteiger partial charge < -0.3 is 4.74 Å². The normalized spacial score (nSPS) is 11.3. The second-order valence-electron chi connectivity index (χ2n) is 7.02. The van der Waals surface area contributed by atoms with Gasteiger partial charge in [0.15, 0.2) is 5.13 Å². The maximum absolute atomic E-state index is 12.6. The van der Waals surface area contributed by atoms with Crippen LogP contribution in [-0.4, -0.2) is 44.7 Å². The predicted molar refractivity (Wildman–Crippen MR) is 127 cm³/mol. The molecule has 0 spiro atoms. The molecule has 2 aromatic heterocycles. The molecule has 0 aliphatic rings. The number of anilines is 2. The minimum atomic E-state index is -3.33. The molecular formula is C22H20N4O4S2. The summed E-state index contributed by atoms with van der Waals surface area (Å²) in [5.74, 6) is 0.372. The second kappa shape index (κ2) is 8.56. The zero-order chi connectivity index (χ0) is 22.9. The molecule has 4 rings (SSSR count). The zero-order valence-electron chi connectivity index (χ0n) is 17.6. The lowest BCUT2D eigenvalue weighted by atomic mass is 10.1. The van der Waals surface area contributed by atoms with E-state index in [1.165, 1.54) is 22.7 Å². The van der Waals surface area contributed by atoms with E-state index in [1.807, 2.05) is 17.5 Å². The Kier molecular flexibility index (Phi) is 5.81. The van der Waals surface area contributed by atoms with Crippen LogP contribution in [0, 0.1) is 0 Å². The highest BCUT2D eigenvalue weighted by atomic mass is 32.2. The highest BCUT2D eigenvalue weighted by molar-refractivity contribution is 7.92. The Hall–Kier alpha value is -3.50. The Labute approximate surface area is 189 Å². The molecule has 0 bridgehead atoms. The van der Waals surface area contributed by atoms with Crippen LogP contribution in [0.25, 0.3) is 22.2 Å². The number of thiazole rings is 1. The van der Waals surface area contributed by atoms with E-state index in [4.69, 9.17) is 4.74 Å². The number of ether oxygens (including phenoxy) is 1. The minimum Gasteiger partial charge on any atom is -0.497 e. The zero-order valence-corrected chi connectivity index (χ0v) is 19.2. The topological polar surface area (TPSA) is 101 Å². The summed E-state index contributed by atoms with van der Waals surface area (Å²) in [5.41, 5.74) is 3.02. The summed E-state index contributed by atoms with van der Waals surface area (Å²) < 4.78 is 29.8. The number of sulfonamides is 1. The Morgan fingerprint density at radius 3 is 2.50 bits per heavy atom. The first-order valence-corrected chi connectivity index (χ1v) is 12.2. The molecule has 0 saturated heterocycles. The van der Waals surface area contributed by atoms with Crippen LogP contribution in [-0.2, 0) is 10.0 Å². The standard InChI is InChI=1S/C22H20N4O4S2/c1-26(32(3,28)29)16-7-4-14(5-8-16)20-13-31-22(24-20)25-21(27)19-10-6-15-12-17(30-2)9-11-18(15)23-19/h4-13H,1-3H3,(H,24,25,27). The first kappa shape index (κ1) is 21.7. The number of pyridine rings is 1. The fourth-order valence-corrected chi connectivity index (χ4v) is 4.23. The molecule has 0 unspecified atom stereocenters. The number of nitrogens with one attached hydrogen (secondary N) is 1. The van der Waals surface area contributed by atoms with Gasteiger partial charge in [-0.05, 0) is 36.4 Å². The molecule has 10 heteroatoms. The highest BCUT2D eigenvalue weighted by Crippen LogP contribution is 2.27. The van der Waals surface area contributed by atoms with E-state index in [-0.39, 0.29) is 11.6 Å². The first-order valence-electron chi connectivity index (χ1n) is 9.50. The van der Waals surface area contributed by atoms with Gasteiger partial charge in [-0.3, -0.25) is 14.4 Å². The number of fused-ring (bicyclic) bond motifs is 1. The van der Waals surface area contributed by atoms with Crippen molar-refractivity contribution in [2.45, 2.75) is 0 Å². The van der Waals surface area contributed by atoms with Crippen molar-refractivity contribution in [1.29, 1.82) is 0 Å². The summed E-state index contributed by atoms with van der Waals surface area (Å²) in [7, 11) is -0.230. The van der Waals surface area contributed by atoms with Crippen molar-refractivity contribution in [3.05, 3.63) is 65.7 Å². The molecule has 164 valence electrons. The second-order valence-corrected chi connectivity index (χ2v) is 9.90. The van der Waals surface area contributed by atoms with E-state index in [0.29, 0.717) is 22.0 Å². The van der Waals surface area contributed by atoms with Gasteiger partial charge in [-0.2, -0.15) is 0 Å². The maximum Gasteiger partial charge on any atom is 0.276 e. The molecule has 0 fully saturated rings. The lowest BCUT2D eigenvalue weighted by molar-refractivity contribution is 0.102. The fraction of sp³-hybridized carbons (Fsp3) is 0.136. The molecule has 0 aliphatic carbocycles. The summed E-state index contributed by atoms with van der Waals surface area (Å²) in [4.78, 5) is 21.5. The van der Waals surface area contributed by atoms with Crippen LogP contribution in [0.3, 0.4) is 0 Å². The van der Waals surface area contributed by atoms with Crippen LogP contribution in [0.15, 0.2) is 60.0 Å². The van der Waals surface area contributed by atoms with Gasteiger partial charge in [-0.15, -0.1) is 11.3 Å². The van der Waals surface area contributed by atoms with Crippen molar-refractivity contribution in [3.63, 3.8) is 0 Å². The maximum atomic E-state index is 12.6. The van der Waals surface area contributed by atoms with Gasteiger partial charge in [0, 0.05) is 23.4 Å². The van der Waals surface area contributed by atoms with Gasteiger partial charge >= 0.3 is 0 Å². The quantitative estimate of drug-likeness (QED) is 0.459. The van der Waals surface area contributed by atoms with Crippen LogP contribution in [0.1, 0.15) is 10.5 Å². The summed E-state index contributed by atoms with van der Waals surface area (Å²) in [6, 6.07) is 15.9. The third-order valence-electron chi connectivity index (χ3n) is 4.88. The predicted octanol–water partition coefficient (Wildman–Crippen LogP) is 4.02. The molecule has 4 aromatic rings. The SMILES string of the molecule is COc1ccc2nc(C(=O)Nc3nc(-c4ccc(N(C)S(C)(=O)=O)cc4)cs3)ccc2c1. The smallest absolute Gasteiger partial charge is 0.276 e. The summed E-state index contributed by atoms with van der Waals surface area (Å²) >= 11 is 1.30. The average Bonchev–Trinajstić information content (AvgIpc) is 3.25. The molecule has 0 aliphatic heterocycles. The van der Waals surface area contributed by atoms with Crippen molar-refractivity contribution < 1.29 is 17.9 Å². The van der Waals surface area contributed by atoms with E-state index in [9.17, 15) is 13.2 Å². The highest BCUT2D eigenvalue weighted by Gasteiger charge is 2.14. The number of rotatable bonds is 6. The van der Waals surface area contributed by atoms with Gasteiger partial charge in [-0.25, -0.2) is 18.4 Å². The number of methoxy groups -OCH3 is 1. The van der Waals surface area contributed by atoms with Crippen molar-refractivity contribution in [2.24, 2.45) is 0 Å². The van der Waals surface area contributed by atoms with Crippen molar-refractivity contribution in [3.8, 4) is 17.0 Å². The molecule has 0 radical (unpaired) electrons. The van der Waals surface area contributed by atoms with Gasteiger partial charge in [0.2, 0.25) is 10.0 Å². The fourth-order valence-electron chi connectivity index (χ4n) is 3.02. The molecule has 0 saturated carbocycles. The third kappa shape index (κ3) is 4.56. The number of hydrogen-bond acceptors (Lipinski definition) is 7. The van der Waals surface area contributed by atoms with Gasteiger partial charge in [-0.1, -0.05) is 18.2 Å². The average molecular weight is 469 g/mol. The Morgan fingerprint density at radius 1 is 1.06 bits per heavy atom. The summed E-state index contributed by atoms with van der Waals surface area (Å²) in [6.45, 7) is 0. The number of aromatic nitrogens is 2. The van der Waals surface area contributed by atoms with Gasteiger partial charge in [0.25, 0.3) is 5.91 Å². The molecule has 0 atom stereocenters. The number of carbonyl (C=O) groups excluding carboxylic acids is 1. The Bertz CT molecular complexity index is 1400. The molecular weight excluding hydrogens is 448 g/mol. The van der Waals surface area contributed by atoms with E-state index in [0.717, 1.165) is 23.0 Å². The van der Waals surface area contributed by atoms with Gasteiger partial charge in [0.1, 0.15) is 11.4 Å². The number of hydrogen-bond donors (Lipinski definition) is 1. The molecule has 1 N–H and O–H groups in total. The molecule has 32 heavy (non-hydrogen) atoms. The number of carbonyl (C=O) groups is 1. The number of nitrogens with zero attached hydrogens (tertiary/aromatic N) is 3. The van der Waals surface area contributed by atoms with Gasteiger partial charge in [0.05, 0.1) is 30.3 Å². The first-order chi connectivity index (χ1) is 15.2. The van der Waals surface area contributed by atoms with Crippen LogP contribution in [0.4, 0.5) is 10.8 Å².